The molecule has 0 heterocycles. The monoisotopic (exact) mass is 288 g/mol. The number of hydrogen-bond donors (Lipinski definition) is 2. The smallest absolute Gasteiger partial charge is 0.213 e. The van der Waals surface area contributed by atoms with Crippen molar-refractivity contribution in [3.63, 3.8) is 0 Å². The molecule has 0 radical (unpaired) electrons. The van der Waals surface area contributed by atoms with Crippen molar-refractivity contribution in [1.82, 2.24) is 10.0 Å². The van der Waals surface area contributed by atoms with Gasteiger partial charge >= 0.3 is 0 Å². The average molecular weight is 289 g/mol. The Hall–Kier alpha value is 0.120. The van der Waals surface area contributed by atoms with Crippen LogP contribution in [0.5, 0.6) is 0 Å². The second-order valence-corrected chi connectivity index (χ2v) is 5.81. The lowest BCUT2D eigenvalue weighted by Gasteiger charge is -2.09. The SMILES string of the molecule is CCCNCCNS(=O)(=O)CCOC(C)C.Cl. The lowest BCUT2D eigenvalue weighted by molar-refractivity contribution is 0.0911. The summed E-state index contributed by atoms with van der Waals surface area (Å²) >= 11 is 0. The highest BCUT2D eigenvalue weighted by Gasteiger charge is 2.09. The molecule has 0 aliphatic heterocycles. The topological polar surface area (TPSA) is 67.4 Å². The maximum atomic E-state index is 11.4. The second kappa shape index (κ2) is 11.2. The molecule has 7 heteroatoms. The van der Waals surface area contributed by atoms with Gasteiger partial charge in [-0.3, -0.25) is 0 Å². The van der Waals surface area contributed by atoms with Crippen LogP contribution < -0.4 is 10.0 Å². The predicted molar refractivity (Wildman–Crippen MR) is 73.3 cm³/mol. The van der Waals surface area contributed by atoms with Gasteiger partial charge in [0.2, 0.25) is 10.0 Å². The molecule has 0 aromatic heterocycles. The lowest BCUT2D eigenvalue weighted by Crippen LogP contribution is -2.34. The second-order valence-electron chi connectivity index (χ2n) is 3.88. The summed E-state index contributed by atoms with van der Waals surface area (Å²) in [6.45, 7) is 8.10. The zero-order valence-electron chi connectivity index (χ0n) is 10.9. The molecule has 17 heavy (non-hydrogen) atoms. The van der Waals surface area contributed by atoms with Crippen molar-refractivity contribution in [2.24, 2.45) is 0 Å². The van der Waals surface area contributed by atoms with Crippen LogP contribution in [0.2, 0.25) is 0 Å². The first-order valence-corrected chi connectivity index (χ1v) is 7.43. The number of sulfonamides is 1. The molecule has 0 fully saturated rings. The summed E-state index contributed by atoms with van der Waals surface area (Å²) in [5.74, 6) is 0.0267. The summed E-state index contributed by atoms with van der Waals surface area (Å²) in [5.41, 5.74) is 0. The lowest BCUT2D eigenvalue weighted by atomic mass is 10.5. The van der Waals surface area contributed by atoms with Crippen molar-refractivity contribution in [2.75, 3.05) is 32.0 Å². The molecule has 0 atom stereocenters. The summed E-state index contributed by atoms with van der Waals surface area (Å²) in [5, 5.41) is 3.12. The third kappa shape index (κ3) is 14.1. The van der Waals surface area contributed by atoms with Crippen LogP contribution in [0.3, 0.4) is 0 Å². The van der Waals surface area contributed by atoms with Crippen LogP contribution in [0, 0.1) is 0 Å². The molecule has 0 aromatic carbocycles. The first-order valence-electron chi connectivity index (χ1n) is 5.77. The fraction of sp³-hybridized carbons (Fsp3) is 1.00. The van der Waals surface area contributed by atoms with E-state index in [0.717, 1.165) is 13.0 Å². The van der Waals surface area contributed by atoms with Crippen LogP contribution in [0.15, 0.2) is 0 Å². The summed E-state index contributed by atoms with van der Waals surface area (Å²) in [7, 11) is -3.18. The number of rotatable bonds is 10. The van der Waals surface area contributed by atoms with Crippen molar-refractivity contribution in [3.05, 3.63) is 0 Å². The summed E-state index contributed by atoms with van der Waals surface area (Å²) in [6.07, 6.45) is 1.12. The molecule has 0 unspecified atom stereocenters. The normalized spacial score (nSPS) is 11.5. The van der Waals surface area contributed by atoms with Crippen LogP contribution in [0.25, 0.3) is 0 Å². The Bertz CT molecular complexity index is 258. The van der Waals surface area contributed by atoms with E-state index in [2.05, 4.69) is 17.0 Å². The van der Waals surface area contributed by atoms with Crippen molar-refractivity contribution in [3.8, 4) is 0 Å². The van der Waals surface area contributed by atoms with Gasteiger partial charge in [-0.05, 0) is 26.8 Å². The standard InChI is InChI=1S/C10H24N2O3S.ClH/c1-4-5-11-6-7-12-16(13,14)9-8-15-10(2)3;/h10-12H,4-9H2,1-3H3;1H. The third-order valence-electron chi connectivity index (χ3n) is 1.85. The van der Waals surface area contributed by atoms with Gasteiger partial charge in [0.05, 0.1) is 18.5 Å². The molecule has 0 spiro atoms. The third-order valence-corrected chi connectivity index (χ3v) is 3.20. The minimum atomic E-state index is -3.18. The molecule has 0 bridgehead atoms. The predicted octanol–water partition coefficient (Wildman–Crippen LogP) is 0.752. The number of halogens is 1. The fourth-order valence-corrected chi connectivity index (χ4v) is 1.94. The molecule has 0 amide bonds. The van der Waals surface area contributed by atoms with Crippen molar-refractivity contribution in [2.45, 2.75) is 33.3 Å². The number of nitrogens with one attached hydrogen (secondary N) is 2. The Kier molecular flexibility index (Phi) is 12.8. The van der Waals surface area contributed by atoms with E-state index in [9.17, 15) is 8.42 Å². The van der Waals surface area contributed by atoms with Crippen molar-refractivity contribution < 1.29 is 13.2 Å². The summed E-state index contributed by atoms with van der Waals surface area (Å²) < 4.78 is 30.6. The van der Waals surface area contributed by atoms with Crippen LogP contribution in [-0.2, 0) is 14.8 Å². The van der Waals surface area contributed by atoms with Gasteiger partial charge in [-0.15, -0.1) is 12.4 Å². The first-order chi connectivity index (χ1) is 7.48. The molecule has 5 nitrogen and oxygen atoms in total. The summed E-state index contributed by atoms with van der Waals surface area (Å²) in [4.78, 5) is 0. The van der Waals surface area contributed by atoms with Gasteiger partial charge < -0.3 is 10.1 Å². The van der Waals surface area contributed by atoms with Crippen LogP contribution >= 0.6 is 12.4 Å². The van der Waals surface area contributed by atoms with E-state index in [0.29, 0.717) is 13.1 Å². The van der Waals surface area contributed by atoms with Gasteiger partial charge in [-0.1, -0.05) is 6.92 Å². The minimum Gasteiger partial charge on any atom is -0.378 e. The van der Waals surface area contributed by atoms with Gasteiger partial charge in [-0.2, -0.15) is 0 Å². The van der Waals surface area contributed by atoms with Gasteiger partial charge in [0.15, 0.2) is 0 Å². The van der Waals surface area contributed by atoms with Gasteiger partial charge in [-0.25, -0.2) is 13.1 Å². The molecule has 0 aliphatic rings. The zero-order valence-corrected chi connectivity index (χ0v) is 12.5. The minimum absolute atomic E-state index is 0. The molecule has 2 N–H and O–H groups in total. The molecular weight excluding hydrogens is 264 g/mol. The molecule has 0 aromatic rings. The van der Waals surface area contributed by atoms with Gasteiger partial charge in [0.25, 0.3) is 0 Å². The van der Waals surface area contributed by atoms with Crippen molar-refractivity contribution >= 4 is 22.4 Å². The Morgan fingerprint density at radius 1 is 1.18 bits per heavy atom. The molecule has 0 aliphatic carbocycles. The largest absolute Gasteiger partial charge is 0.378 e. The van der Waals surface area contributed by atoms with E-state index in [1.54, 1.807) is 0 Å². The zero-order chi connectivity index (χ0) is 12.4. The van der Waals surface area contributed by atoms with Crippen molar-refractivity contribution in [1.29, 1.82) is 0 Å². The summed E-state index contributed by atoms with van der Waals surface area (Å²) in [6, 6.07) is 0. The van der Waals surface area contributed by atoms with Gasteiger partial charge in [0.1, 0.15) is 0 Å². The molecule has 0 saturated heterocycles. The molecule has 0 rings (SSSR count). The van der Waals surface area contributed by atoms with Crippen LogP contribution in [0.1, 0.15) is 27.2 Å². The maximum absolute atomic E-state index is 11.4. The number of hydrogen-bond acceptors (Lipinski definition) is 4. The number of ether oxygens (including phenoxy) is 1. The highest BCUT2D eigenvalue weighted by atomic mass is 35.5. The maximum Gasteiger partial charge on any atom is 0.213 e. The average Bonchev–Trinajstić information content (AvgIpc) is 2.16. The Morgan fingerprint density at radius 2 is 1.82 bits per heavy atom. The first kappa shape index (κ1) is 19.5. The van der Waals surface area contributed by atoms with E-state index >= 15 is 0 Å². The Labute approximate surface area is 111 Å². The van der Waals surface area contributed by atoms with E-state index in [4.69, 9.17) is 4.74 Å². The van der Waals surface area contributed by atoms with E-state index in [1.165, 1.54) is 0 Å². The quantitative estimate of drug-likeness (QED) is 0.582. The molecule has 0 saturated carbocycles. The van der Waals surface area contributed by atoms with Crippen LogP contribution in [0.4, 0.5) is 0 Å². The molecule has 106 valence electrons. The van der Waals surface area contributed by atoms with E-state index in [-0.39, 0.29) is 30.9 Å². The molecular formula is C10H25ClN2O3S. The fourth-order valence-electron chi connectivity index (χ4n) is 1.06. The Balaban J connectivity index is 0. The Morgan fingerprint density at radius 3 is 2.35 bits per heavy atom. The highest BCUT2D eigenvalue weighted by Crippen LogP contribution is 1.90. The van der Waals surface area contributed by atoms with E-state index < -0.39 is 10.0 Å². The van der Waals surface area contributed by atoms with E-state index in [1.807, 2.05) is 13.8 Å². The van der Waals surface area contributed by atoms with Gasteiger partial charge in [0, 0.05) is 13.1 Å². The highest BCUT2D eigenvalue weighted by molar-refractivity contribution is 7.89. The van der Waals surface area contributed by atoms with Crippen LogP contribution in [-0.4, -0.2) is 46.5 Å².